The molecule has 0 aliphatic rings. The van der Waals surface area contributed by atoms with Crippen LogP contribution >= 0.6 is 0 Å². The number of nitrogen functional groups attached to an aromatic ring is 1. The van der Waals surface area contributed by atoms with Crippen molar-refractivity contribution in [1.29, 1.82) is 0 Å². The topological polar surface area (TPSA) is 128 Å². The summed E-state index contributed by atoms with van der Waals surface area (Å²) >= 11 is 0. The second-order valence-electron chi connectivity index (χ2n) is 6.72. The van der Waals surface area contributed by atoms with Crippen molar-refractivity contribution in [3.63, 3.8) is 0 Å². The van der Waals surface area contributed by atoms with Gasteiger partial charge in [0.2, 0.25) is 0 Å². The maximum Gasteiger partial charge on any atom is 0.339 e. The van der Waals surface area contributed by atoms with Crippen LogP contribution in [0.25, 0.3) is 22.3 Å². The number of aryl methyl sites for hydroxylation is 1. The fourth-order valence-corrected chi connectivity index (χ4v) is 3.47. The van der Waals surface area contributed by atoms with Crippen LogP contribution in [0.1, 0.15) is 16.1 Å². The van der Waals surface area contributed by atoms with E-state index in [9.17, 15) is 17.6 Å². The highest BCUT2D eigenvalue weighted by Crippen LogP contribution is 2.19. The van der Waals surface area contributed by atoms with E-state index in [1.54, 1.807) is 49.5 Å². The number of aromatic nitrogens is 3. The SMILES string of the molecule is CS(=O)(=O)c1ccc2c(ccn2N)c1.Cc1nc(-c2cccc(F)c2)ncc1C(=O)O. The smallest absolute Gasteiger partial charge is 0.339 e. The zero-order valence-corrected chi connectivity index (χ0v) is 17.5. The van der Waals surface area contributed by atoms with Crippen molar-refractivity contribution >= 4 is 26.7 Å². The Morgan fingerprint density at radius 2 is 1.90 bits per heavy atom. The Labute approximate surface area is 177 Å². The first kappa shape index (κ1) is 21.9. The zero-order chi connectivity index (χ0) is 22.8. The van der Waals surface area contributed by atoms with Crippen molar-refractivity contribution in [1.82, 2.24) is 14.6 Å². The van der Waals surface area contributed by atoms with Gasteiger partial charge in [-0.05, 0) is 43.3 Å². The highest BCUT2D eigenvalue weighted by atomic mass is 32.2. The third-order valence-corrected chi connectivity index (χ3v) is 5.52. The molecule has 0 amide bonds. The summed E-state index contributed by atoms with van der Waals surface area (Å²) in [5.74, 6) is 4.46. The van der Waals surface area contributed by atoms with Crippen molar-refractivity contribution in [2.75, 3.05) is 12.1 Å². The van der Waals surface area contributed by atoms with Gasteiger partial charge in [-0.25, -0.2) is 27.6 Å². The molecule has 2 heterocycles. The van der Waals surface area contributed by atoms with Crippen LogP contribution in [0.4, 0.5) is 4.39 Å². The number of hydrogen-bond acceptors (Lipinski definition) is 6. The summed E-state index contributed by atoms with van der Waals surface area (Å²) in [5, 5.41) is 9.66. The summed E-state index contributed by atoms with van der Waals surface area (Å²) in [5.41, 5.74) is 1.74. The number of hydrogen-bond donors (Lipinski definition) is 2. The van der Waals surface area contributed by atoms with Crippen LogP contribution in [-0.4, -0.2) is 40.4 Å². The third-order valence-electron chi connectivity index (χ3n) is 4.41. The van der Waals surface area contributed by atoms with E-state index in [1.165, 1.54) is 29.3 Å². The first-order chi connectivity index (χ1) is 14.6. The van der Waals surface area contributed by atoms with Gasteiger partial charge < -0.3 is 10.9 Å². The summed E-state index contributed by atoms with van der Waals surface area (Å²) in [7, 11) is -3.14. The number of carboxylic acids is 1. The molecule has 0 saturated carbocycles. The predicted octanol–water partition coefficient (Wildman–Crippen LogP) is 3.05. The average Bonchev–Trinajstić information content (AvgIpc) is 3.08. The van der Waals surface area contributed by atoms with Crippen LogP contribution in [0.15, 0.2) is 65.8 Å². The molecule has 0 saturated heterocycles. The van der Waals surface area contributed by atoms with E-state index >= 15 is 0 Å². The fourth-order valence-electron chi connectivity index (χ4n) is 2.82. The largest absolute Gasteiger partial charge is 0.478 e. The quantitative estimate of drug-likeness (QED) is 0.467. The number of rotatable bonds is 3. The molecule has 3 N–H and O–H groups in total. The van der Waals surface area contributed by atoms with Crippen molar-refractivity contribution in [3.05, 3.63) is 78.0 Å². The molecule has 0 aliphatic carbocycles. The van der Waals surface area contributed by atoms with Crippen LogP contribution in [0.3, 0.4) is 0 Å². The molecule has 0 unspecified atom stereocenters. The molecule has 31 heavy (non-hydrogen) atoms. The van der Waals surface area contributed by atoms with Crippen LogP contribution in [0.2, 0.25) is 0 Å². The Bertz CT molecular complexity index is 1380. The summed E-state index contributed by atoms with van der Waals surface area (Å²) < 4.78 is 37.0. The number of carboxylic acid groups (broad SMARTS) is 1. The van der Waals surface area contributed by atoms with Crippen LogP contribution < -0.4 is 5.84 Å². The molecule has 2 aromatic carbocycles. The van der Waals surface area contributed by atoms with E-state index in [-0.39, 0.29) is 11.4 Å². The Kier molecular flexibility index (Phi) is 6.02. The lowest BCUT2D eigenvalue weighted by Crippen LogP contribution is -2.05. The Morgan fingerprint density at radius 3 is 2.52 bits per heavy atom. The molecule has 10 heteroatoms. The van der Waals surface area contributed by atoms with Gasteiger partial charge in [-0.3, -0.25) is 4.68 Å². The molecule has 4 rings (SSSR count). The molecule has 0 aliphatic heterocycles. The van der Waals surface area contributed by atoms with E-state index in [1.807, 2.05) is 0 Å². The number of carbonyl (C=O) groups is 1. The molecule has 0 spiro atoms. The molecule has 0 fully saturated rings. The molecule has 0 atom stereocenters. The minimum absolute atomic E-state index is 0.0464. The first-order valence-corrected chi connectivity index (χ1v) is 10.8. The van der Waals surface area contributed by atoms with Gasteiger partial charge in [-0.15, -0.1) is 0 Å². The van der Waals surface area contributed by atoms with Crippen molar-refractivity contribution in [2.24, 2.45) is 0 Å². The summed E-state index contributed by atoms with van der Waals surface area (Å²) in [6, 6.07) is 12.5. The molecule has 4 aromatic rings. The standard InChI is InChI=1S/C12H9FN2O2.C9H10N2O2S/c1-7-10(12(16)17)6-14-11(15-7)8-3-2-4-9(13)5-8;1-14(12,13)8-2-3-9-7(6-8)4-5-11(9)10/h2-6H,1H3,(H,16,17);2-6H,10H2,1H3. The summed E-state index contributed by atoms with van der Waals surface area (Å²) in [4.78, 5) is 19.1. The number of sulfone groups is 1. The monoisotopic (exact) mass is 442 g/mol. The first-order valence-electron chi connectivity index (χ1n) is 8.95. The minimum Gasteiger partial charge on any atom is -0.478 e. The van der Waals surface area contributed by atoms with E-state index in [2.05, 4.69) is 9.97 Å². The Balaban J connectivity index is 0.000000179. The van der Waals surface area contributed by atoms with Gasteiger partial charge in [-0.1, -0.05) is 12.1 Å². The van der Waals surface area contributed by atoms with E-state index < -0.39 is 15.8 Å². The molecule has 2 aromatic heterocycles. The number of fused-ring (bicyclic) bond motifs is 1. The molecular weight excluding hydrogens is 423 g/mol. The van der Waals surface area contributed by atoms with Crippen molar-refractivity contribution in [3.8, 4) is 11.4 Å². The maximum atomic E-state index is 13.0. The fraction of sp³-hybridized carbons (Fsp3) is 0.0952. The van der Waals surface area contributed by atoms with Crippen LogP contribution in [0, 0.1) is 12.7 Å². The highest BCUT2D eigenvalue weighted by Gasteiger charge is 2.11. The van der Waals surface area contributed by atoms with Crippen LogP contribution in [-0.2, 0) is 9.84 Å². The second-order valence-corrected chi connectivity index (χ2v) is 8.74. The zero-order valence-electron chi connectivity index (χ0n) is 16.7. The maximum absolute atomic E-state index is 13.0. The number of halogens is 1. The number of nitrogens with two attached hydrogens (primary N) is 1. The lowest BCUT2D eigenvalue weighted by molar-refractivity contribution is 0.0695. The van der Waals surface area contributed by atoms with Gasteiger partial charge >= 0.3 is 5.97 Å². The number of benzene rings is 2. The van der Waals surface area contributed by atoms with Gasteiger partial charge in [-0.2, -0.15) is 0 Å². The third kappa shape index (κ3) is 5.04. The molecular formula is C21H19FN4O4S. The second kappa shape index (κ2) is 8.52. The molecule has 0 bridgehead atoms. The molecule has 160 valence electrons. The Hall–Kier alpha value is -3.79. The van der Waals surface area contributed by atoms with E-state index in [0.29, 0.717) is 22.0 Å². The highest BCUT2D eigenvalue weighted by molar-refractivity contribution is 7.90. The lowest BCUT2D eigenvalue weighted by atomic mass is 10.2. The number of aromatic carboxylic acids is 1. The molecule has 8 nitrogen and oxygen atoms in total. The van der Waals surface area contributed by atoms with E-state index in [4.69, 9.17) is 10.9 Å². The van der Waals surface area contributed by atoms with Crippen molar-refractivity contribution in [2.45, 2.75) is 11.8 Å². The Morgan fingerprint density at radius 1 is 1.16 bits per heavy atom. The number of nitrogens with zero attached hydrogens (tertiary/aromatic N) is 3. The normalized spacial score (nSPS) is 11.1. The summed E-state index contributed by atoms with van der Waals surface area (Å²) in [6.45, 7) is 1.58. The van der Waals surface area contributed by atoms with Gasteiger partial charge in [0.25, 0.3) is 0 Å². The average molecular weight is 442 g/mol. The summed E-state index contributed by atoms with van der Waals surface area (Å²) in [6.07, 6.45) is 4.11. The lowest BCUT2D eigenvalue weighted by Gasteiger charge is -2.03. The minimum atomic E-state index is -3.14. The van der Waals surface area contributed by atoms with Gasteiger partial charge in [0.05, 0.1) is 21.7 Å². The van der Waals surface area contributed by atoms with E-state index in [0.717, 1.165) is 10.9 Å². The predicted molar refractivity (Wildman–Crippen MR) is 114 cm³/mol. The van der Waals surface area contributed by atoms with Gasteiger partial charge in [0.1, 0.15) is 5.82 Å². The molecule has 0 radical (unpaired) electrons. The van der Waals surface area contributed by atoms with Crippen LogP contribution in [0.5, 0.6) is 0 Å². The van der Waals surface area contributed by atoms with Crippen molar-refractivity contribution < 1.29 is 22.7 Å². The van der Waals surface area contributed by atoms with Gasteiger partial charge in [0.15, 0.2) is 15.7 Å². The van der Waals surface area contributed by atoms with Gasteiger partial charge in [0, 0.05) is 29.6 Å².